The number of nitrogens with zero attached hydrogens (tertiary/aromatic N) is 2. The van der Waals surface area contributed by atoms with E-state index in [0.29, 0.717) is 29.3 Å². The number of Topliss-reactive ketones (excluding diaryl/α,β-unsaturated/α-hetero) is 1. The van der Waals surface area contributed by atoms with Crippen molar-refractivity contribution in [1.82, 2.24) is 9.55 Å². The number of aromatic nitrogens is 2. The van der Waals surface area contributed by atoms with Gasteiger partial charge in [-0.3, -0.25) is 19.0 Å². The number of para-hydroxylation sites is 1. The number of carbonyl (C=O) groups is 2. The van der Waals surface area contributed by atoms with Gasteiger partial charge in [-0.25, -0.2) is 13.8 Å². The fraction of sp³-hybridized carbons (Fsp3) is 0.154. The zero-order valence-corrected chi connectivity index (χ0v) is 19.6. The van der Waals surface area contributed by atoms with Crippen molar-refractivity contribution in [2.45, 2.75) is 24.9 Å². The molecule has 6 nitrogen and oxygen atoms in total. The molecule has 0 saturated carbocycles. The van der Waals surface area contributed by atoms with Crippen LogP contribution in [0.5, 0.6) is 0 Å². The molecule has 35 heavy (non-hydrogen) atoms. The molecule has 9 heteroatoms. The van der Waals surface area contributed by atoms with Crippen LogP contribution in [0, 0.1) is 11.6 Å². The summed E-state index contributed by atoms with van der Waals surface area (Å²) in [5.74, 6) is -2.11. The predicted molar refractivity (Wildman–Crippen MR) is 132 cm³/mol. The zero-order valence-electron chi connectivity index (χ0n) is 18.8. The predicted octanol–water partition coefficient (Wildman–Crippen LogP) is 5.38. The van der Waals surface area contributed by atoms with E-state index in [-0.39, 0.29) is 33.7 Å². The minimum Gasteiger partial charge on any atom is -0.326 e. The zero-order chi connectivity index (χ0) is 24.9. The Morgan fingerprint density at radius 1 is 1.03 bits per heavy atom. The van der Waals surface area contributed by atoms with Crippen LogP contribution in [-0.2, 0) is 4.79 Å². The van der Waals surface area contributed by atoms with Crippen LogP contribution < -0.4 is 10.9 Å². The number of halogens is 2. The monoisotopic (exact) mass is 493 g/mol. The number of benzene rings is 3. The normalized spacial score (nSPS) is 10.9. The summed E-state index contributed by atoms with van der Waals surface area (Å²) in [6, 6.07) is 16.0. The largest absolute Gasteiger partial charge is 0.326 e. The first-order valence-electron chi connectivity index (χ1n) is 10.9. The van der Waals surface area contributed by atoms with Crippen LogP contribution in [0.2, 0.25) is 0 Å². The third kappa shape index (κ3) is 5.46. The van der Waals surface area contributed by atoms with Crippen molar-refractivity contribution in [2.75, 3.05) is 11.1 Å². The molecule has 0 atom stereocenters. The van der Waals surface area contributed by atoms with Gasteiger partial charge in [-0.15, -0.1) is 0 Å². The summed E-state index contributed by atoms with van der Waals surface area (Å²) >= 11 is 0.980. The molecule has 1 amide bonds. The topological polar surface area (TPSA) is 81.1 Å². The second kappa shape index (κ2) is 10.6. The number of ketones is 1. The summed E-state index contributed by atoms with van der Waals surface area (Å²) in [7, 11) is 0. The molecule has 0 spiro atoms. The highest BCUT2D eigenvalue weighted by atomic mass is 32.2. The molecular formula is C26H21F2N3O3S. The van der Waals surface area contributed by atoms with E-state index in [2.05, 4.69) is 10.3 Å². The molecule has 0 aliphatic carbocycles. The number of anilines is 1. The van der Waals surface area contributed by atoms with E-state index >= 15 is 0 Å². The van der Waals surface area contributed by atoms with Crippen molar-refractivity contribution in [3.63, 3.8) is 0 Å². The van der Waals surface area contributed by atoms with E-state index in [9.17, 15) is 23.2 Å². The molecule has 3 aromatic carbocycles. The maximum atomic E-state index is 14.6. The lowest BCUT2D eigenvalue weighted by molar-refractivity contribution is -0.116. The second-order valence-corrected chi connectivity index (χ2v) is 8.68. The Morgan fingerprint density at radius 3 is 2.49 bits per heavy atom. The van der Waals surface area contributed by atoms with E-state index in [1.807, 2.05) is 6.92 Å². The van der Waals surface area contributed by atoms with Gasteiger partial charge in [-0.2, -0.15) is 0 Å². The van der Waals surface area contributed by atoms with Crippen LogP contribution in [-0.4, -0.2) is 27.0 Å². The number of hydrogen-bond acceptors (Lipinski definition) is 5. The number of amides is 1. The third-order valence-corrected chi connectivity index (χ3v) is 6.13. The fourth-order valence-electron chi connectivity index (χ4n) is 3.49. The van der Waals surface area contributed by atoms with Gasteiger partial charge in [-0.05, 0) is 55.0 Å². The van der Waals surface area contributed by atoms with Crippen LogP contribution in [0.3, 0.4) is 0 Å². The lowest BCUT2D eigenvalue weighted by Gasteiger charge is -2.14. The number of thioether (sulfide) groups is 1. The Bertz CT molecular complexity index is 1470. The van der Waals surface area contributed by atoms with Crippen LogP contribution in [0.15, 0.2) is 76.7 Å². The molecule has 178 valence electrons. The third-order valence-electron chi connectivity index (χ3n) is 5.20. The van der Waals surface area contributed by atoms with E-state index in [1.165, 1.54) is 6.07 Å². The Morgan fingerprint density at radius 2 is 1.77 bits per heavy atom. The van der Waals surface area contributed by atoms with Crippen molar-refractivity contribution < 1.29 is 18.4 Å². The number of hydrogen-bond donors (Lipinski definition) is 1. The highest BCUT2D eigenvalue weighted by Crippen LogP contribution is 2.24. The minimum atomic E-state index is -0.918. The van der Waals surface area contributed by atoms with E-state index in [1.54, 1.807) is 48.5 Å². The van der Waals surface area contributed by atoms with Crippen molar-refractivity contribution in [1.29, 1.82) is 0 Å². The van der Waals surface area contributed by atoms with Crippen molar-refractivity contribution in [3.05, 3.63) is 94.3 Å². The minimum absolute atomic E-state index is 0.0743. The van der Waals surface area contributed by atoms with Gasteiger partial charge in [0.1, 0.15) is 11.6 Å². The number of rotatable bonds is 8. The van der Waals surface area contributed by atoms with Gasteiger partial charge in [0, 0.05) is 23.7 Å². The highest BCUT2D eigenvalue weighted by molar-refractivity contribution is 7.99. The Hall–Kier alpha value is -3.85. The molecule has 0 unspecified atom stereocenters. The van der Waals surface area contributed by atoms with Crippen molar-refractivity contribution >= 4 is 40.0 Å². The average Bonchev–Trinajstić information content (AvgIpc) is 2.84. The molecule has 0 fully saturated rings. The quantitative estimate of drug-likeness (QED) is 0.203. The van der Waals surface area contributed by atoms with Crippen LogP contribution >= 0.6 is 11.8 Å². The first kappa shape index (κ1) is 24.3. The molecule has 0 radical (unpaired) electrons. The van der Waals surface area contributed by atoms with E-state index in [0.717, 1.165) is 28.8 Å². The van der Waals surface area contributed by atoms with Crippen LogP contribution in [0.25, 0.3) is 16.6 Å². The summed E-state index contributed by atoms with van der Waals surface area (Å²) in [4.78, 5) is 42.2. The van der Waals surface area contributed by atoms with Gasteiger partial charge in [0.05, 0.1) is 22.3 Å². The molecule has 0 aliphatic rings. The highest BCUT2D eigenvalue weighted by Gasteiger charge is 2.18. The van der Waals surface area contributed by atoms with E-state index in [4.69, 9.17) is 0 Å². The molecule has 0 bridgehead atoms. The number of carbonyl (C=O) groups excluding carboxylic acids is 2. The Kier molecular flexibility index (Phi) is 7.36. The maximum Gasteiger partial charge on any atom is 0.266 e. The molecule has 0 saturated heterocycles. The van der Waals surface area contributed by atoms with Gasteiger partial charge in [0.2, 0.25) is 5.91 Å². The maximum absolute atomic E-state index is 14.6. The average molecular weight is 494 g/mol. The first-order valence-corrected chi connectivity index (χ1v) is 11.9. The van der Waals surface area contributed by atoms with Crippen LogP contribution in [0.1, 0.15) is 30.1 Å². The standard InChI is InChI=1S/C26H21F2N3O3S/c1-2-5-24(33)29-18-11-8-16(9-12-18)23(32)15-35-26-30-21-7-4-3-6-19(21)25(34)31(26)22-13-10-17(27)14-20(22)28/h3-4,6-14H,2,5,15H2,1H3,(H,29,33). The first-order chi connectivity index (χ1) is 16.9. The lowest BCUT2D eigenvalue weighted by atomic mass is 10.1. The van der Waals surface area contributed by atoms with Crippen LogP contribution in [0.4, 0.5) is 14.5 Å². The second-order valence-electron chi connectivity index (χ2n) is 7.74. The van der Waals surface area contributed by atoms with Crippen molar-refractivity contribution in [2.24, 2.45) is 0 Å². The molecule has 4 aromatic rings. The molecular weight excluding hydrogens is 472 g/mol. The molecule has 1 heterocycles. The van der Waals surface area contributed by atoms with Gasteiger partial charge in [0.25, 0.3) is 5.56 Å². The molecule has 1 N–H and O–H groups in total. The SMILES string of the molecule is CCCC(=O)Nc1ccc(C(=O)CSc2nc3ccccc3c(=O)n2-c2ccc(F)cc2F)cc1. The number of fused-ring (bicyclic) bond motifs is 1. The van der Waals surface area contributed by atoms with E-state index < -0.39 is 17.2 Å². The summed E-state index contributed by atoms with van der Waals surface area (Å²) in [6.07, 6.45) is 1.14. The molecule has 1 aromatic heterocycles. The lowest BCUT2D eigenvalue weighted by Crippen LogP contribution is -2.23. The Balaban J connectivity index is 1.62. The number of nitrogens with one attached hydrogen (secondary N) is 1. The summed E-state index contributed by atoms with van der Waals surface area (Å²) in [5, 5.41) is 3.14. The van der Waals surface area contributed by atoms with Crippen molar-refractivity contribution in [3.8, 4) is 5.69 Å². The van der Waals surface area contributed by atoms with Gasteiger partial charge < -0.3 is 5.32 Å². The smallest absolute Gasteiger partial charge is 0.266 e. The summed E-state index contributed by atoms with van der Waals surface area (Å²) < 4.78 is 29.1. The molecule has 0 aliphatic heterocycles. The van der Waals surface area contributed by atoms with Gasteiger partial charge in [-0.1, -0.05) is 30.8 Å². The fourth-order valence-corrected chi connectivity index (χ4v) is 4.39. The molecule has 4 rings (SSSR count). The summed E-state index contributed by atoms with van der Waals surface area (Å²) in [5.41, 5.74) is 0.719. The summed E-state index contributed by atoms with van der Waals surface area (Å²) in [6.45, 7) is 1.91. The van der Waals surface area contributed by atoms with Gasteiger partial charge in [0.15, 0.2) is 10.9 Å². The Labute approximate surface area is 204 Å². The van der Waals surface area contributed by atoms with Gasteiger partial charge >= 0.3 is 0 Å².